The number of halogens is 3. The number of hydrogen-bond acceptors (Lipinski definition) is 3. The smallest absolute Gasteiger partial charge is 0.419 e. The van der Waals surface area contributed by atoms with E-state index in [2.05, 4.69) is 0 Å². The molecular formula is C14H18F3NO2. The number of ether oxygens (including phenoxy) is 1. The van der Waals surface area contributed by atoms with Crippen molar-refractivity contribution in [3.63, 3.8) is 0 Å². The van der Waals surface area contributed by atoms with Gasteiger partial charge in [0.15, 0.2) is 0 Å². The van der Waals surface area contributed by atoms with Crippen LogP contribution in [0.5, 0.6) is 5.75 Å². The van der Waals surface area contributed by atoms with Gasteiger partial charge in [0.1, 0.15) is 5.75 Å². The van der Waals surface area contributed by atoms with Gasteiger partial charge in [-0.2, -0.15) is 13.2 Å². The topological polar surface area (TPSA) is 32.7 Å². The number of likely N-dealkylation sites (N-methyl/N-ethyl adjacent to an activating group) is 1. The van der Waals surface area contributed by atoms with Crippen molar-refractivity contribution in [2.75, 3.05) is 13.7 Å². The predicted molar refractivity (Wildman–Crippen MR) is 68.4 cm³/mol. The normalized spacial score (nSPS) is 23.5. The van der Waals surface area contributed by atoms with Gasteiger partial charge in [-0.15, -0.1) is 0 Å². The van der Waals surface area contributed by atoms with Gasteiger partial charge >= 0.3 is 6.18 Å². The van der Waals surface area contributed by atoms with E-state index in [9.17, 15) is 18.3 Å². The molecule has 1 saturated heterocycles. The maximum absolute atomic E-state index is 12.7. The number of alkyl halides is 3. The number of phenolic OH excluding ortho intramolecular Hbond substituents is 1. The molecule has 1 aliphatic heterocycles. The first kappa shape index (κ1) is 15.1. The highest BCUT2D eigenvalue weighted by Crippen LogP contribution is 2.36. The van der Waals surface area contributed by atoms with Crippen molar-refractivity contribution in [3.8, 4) is 5.75 Å². The minimum atomic E-state index is -4.54. The van der Waals surface area contributed by atoms with Crippen LogP contribution >= 0.6 is 0 Å². The zero-order chi connectivity index (χ0) is 14.9. The molecular weight excluding hydrogens is 271 g/mol. The Kier molecular flexibility index (Phi) is 4.25. The fraction of sp³-hybridized carbons (Fsp3) is 0.571. The maximum Gasteiger partial charge on any atom is 0.419 e. The Morgan fingerprint density at radius 3 is 2.65 bits per heavy atom. The van der Waals surface area contributed by atoms with E-state index >= 15 is 0 Å². The third-order valence-electron chi connectivity index (χ3n) is 3.70. The molecule has 1 heterocycles. The van der Waals surface area contributed by atoms with Crippen molar-refractivity contribution in [3.05, 3.63) is 29.3 Å². The van der Waals surface area contributed by atoms with Crippen LogP contribution < -0.4 is 0 Å². The van der Waals surface area contributed by atoms with Crippen LogP contribution in [-0.2, 0) is 17.5 Å². The summed E-state index contributed by atoms with van der Waals surface area (Å²) in [5.74, 6) is -0.735. The molecule has 0 amide bonds. The van der Waals surface area contributed by atoms with Gasteiger partial charge in [-0.05, 0) is 38.1 Å². The minimum Gasteiger partial charge on any atom is -0.507 e. The molecule has 0 aromatic heterocycles. The molecule has 0 spiro atoms. The van der Waals surface area contributed by atoms with E-state index in [0.29, 0.717) is 18.7 Å². The summed E-state index contributed by atoms with van der Waals surface area (Å²) in [5.41, 5.74) is -0.462. The van der Waals surface area contributed by atoms with E-state index < -0.39 is 17.5 Å². The van der Waals surface area contributed by atoms with E-state index in [-0.39, 0.29) is 12.1 Å². The number of rotatable bonds is 3. The van der Waals surface area contributed by atoms with Crippen LogP contribution in [0.25, 0.3) is 0 Å². The number of phenols is 1. The van der Waals surface area contributed by atoms with Gasteiger partial charge in [0.2, 0.25) is 0 Å². The second-order valence-corrected chi connectivity index (χ2v) is 5.20. The second-order valence-electron chi connectivity index (χ2n) is 5.20. The molecule has 6 heteroatoms. The summed E-state index contributed by atoms with van der Waals surface area (Å²) < 4.78 is 43.7. The first-order valence-corrected chi connectivity index (χ1v) is 6.50. The Morgan fingerprint density at radius 2 is 2.10 bits per heavy atom. The van der Waals surface area contributed by atoms with Gasteiger partial charge in [-0.3, -0.25) is 4.90 Å². The molecule has 1 aromatic rings. The van der Waals surface area contributed by atoms with Crippen molar-refractivity contribution in [1.29, 1.82) is 0 Å². The number of aromatic hydroxyl groups is 1. The third kappa shape index (κ3) is 3.24. The molecule has 1 fully saturated rings. The SMILES string of the molecule is CC1OCCC1N(C)Cc1ccc(O)c(C(F)(F)F)c1. The first-order valence-electron chi connectivity index (χ1n) is 6.50. The van der Waals surface area contributed by atoms with Crippen molar-refractivity contribution in [2.45, 2.75) is 38.2 Å². The lowest BCUT2D eigenvalue weighted by molar-refractivity contribution is -0.138. The molecule has 2 rings (SSSR count). The van der Waals surface area contributed by atoms with E-state index in [1.807, 2.05) is 18.9 Å². The molecule has 2 unspecified atom stereocenters. The third-order valence-corrected chi connectivity index (χ3v) is 3.70. The van der Waals surface area contributed by atoms with Crippen LogP contribution in [0.3, 0.4) is 0 Å². The highest BCUT2D eigenvalue weighted by molar-refractivity contribution is 5.38. The Morgan fingerprint density at radius 1 is 1.40 bits per heavy atom. The summed E-state index contributed by atoms with van der Waals surface area (Å²) in [6, 6.07) is 3.83. The zero-order valence-electron chi connectivity index (χ0n) is 11.4. The standard InChI is InChI=1S/C14H18F3NO2/c1-9-12(5-6-20-9)18(2)8-10-3-4-13(19)11(7-10)14(15,16)17/h3-4,7,9,12,19H,5-6,8H2,1-2H3. The molecule has 0 bridgehead atoms. The van der Waals surface area contributed by atoms with E-state index in [1.165, 1.54) is 6.07 Å². The van der Waals surface area contributed by atoms with Gasteiger partial charge in [0, 0.05) is 19.2 Å². The lowest BCUT2D eigenvalue weighted by Gasteiger charge is -2.26. The molecule has 112 valence electrons. The second kappa shape index (κ2) is 5.61. The Balaban J connectivity index is 2.14. The summed E-state index contributed by atoms with van der Waals surface area (Å²) >= 11 is 0. The summed E-state index contributed by atoms with van der Waals surface area (Å²) in [4.78, 5) is 1.99. The van der Waals surface area contributed by atoms with Crippen LogP contribution in [0.2, 0.25) is 0 Å². The quantitative estimate of drug-likeness (QED) is 0.928. The van der Waals surface area contributed by atoms with Crippen molar-refractivity contribution >= 4 is 0 Å². The lowest BCUT2D eigenvalue weighted by Crippen LogP contribution is -2.36. The zero-order valence-corrected chi connectivity index (χ0v) is 11.4. The summed E-state index contributed by atoms with van der Waals surface area (Å²) in [5, 5.41) is 9.30. The van der Waals surface area contributed by atoms with Crippen LogP contribution in [0, 0.1) is 0 Å². The van der Waals surface area contributed by atoms with Crippen LogP contribution in [-0.4, -0.2) is 35.8 Å². The molecule has 0 saturated carbocycles. The monoisotopic (exact) mass is 289 g/mol. The Labute approximate surface area is 116 Å². The van der Waals surface area contributed by atoms with Gasteiger partial charge < -0.3 is 9.84 Å². The first-order chi connectivity index (χ1) is 9.29. The summed E-state index contributed by atoms with van der Waals surface area (Å²) in [6.45, 7) is 3.04. The molecule has 3 nitrogen and oxygen atoms in total. The fourth-order valence-corrected chi connectivity index (χ4v) is 2.61. The largest absolute Gasteiger partial charge is 0.507 e. The molecule has 2 atom stereocenters. The van der Waals surface area contributed by atoms with E-state index in [4.69, 9.17) is 4.74 Å². The van der Waals surface area contributed by atoms with Gasteiger partial charge in [0.25, 0.3) is 0 Å². The van der Waals surface area contributed by atoms with Gasteiger partial charge in [-0.1, -0.05) is 6.07 Å². The number of nitrogens with zero attached hydrogens (tertiary/aromatic N) is 1. The molecule has 1 aromatic carbocycles. The Hall–Kier alpha value is -1.27. The molecule has 0 aliphatic carbocycles. The Bertz CT molecular complexity index is 476. The average molecular weight is 289 g/mol. The van der Waals surface area contributed by atoms with Crippen LogP contribution in [0.1, 0.15) is 24.5 Å². The highest BCUT2D eigenvalue weighted by atomic mass is 19.4. The van der Waals surface area contributed by atoms with Crippen molar-refractivity contribution in [1.82, 2.24) is 4.90 Å². The lowest BCUT2D eigenvalue weighted by atomic mass is 10.1. The minimum absolute atomic E-state index is 0.0826. The van der Waals surface area contributed by atoms with Crippen molar-refractivity contribution < 1.29 is 23.0 Å². The summed E-state index contributed by atoms with van der Waals surface area (Å²) in [7, 11) is 1.87. The van der Waals surface area contributed by atoms with E-state index in [0.717, 1.165) is 18.6 Å². The summed E-state index contributed by atoms with van der Waals surface area (Å²) in [6.07, 6.45) is -3.58. The highest BCUT2D eigenvalue weighted by Gasteiger charge is 2.34. The van der Waals surface area contributed by atoms with Crippen molar-refractivity contribution in [2.24, 2.45) is 0 Å². The van der Waals surface area contributed by atoms with Crippen LogP contribution in [0.4, 0.5) is 13.2 Å². The number of hydrogen-bond donors (Lipinski definition) is 1. The van der Waals surface area contributed by atoms with Crippen LogP contribution in [0.15, 0.2) is 18.2 Å². The predicted octanol–water partition coefficient (Wildman–Crippen LogP) is 3.02. The maximum atomic E-state index is 12.7. The molecule has 1 aliphatic rings. The average Bonchev–Trinajstić information content (AvgIpc) is 2.76. The van der Waals surface area contributed by atoms with Gasteiger partial charge in [-0.25, -0.2) is 0 Å². The molecule has 20 heavy (non-hydrogen) atoms. The number of benzene rings is 1. The van der Waals surface area contributed by atoms with E-state index in [1.54, 1.807) is 0 Å². The molecule has 1 N–H and O–H groups in total. The fourth-order valence-electron chi connectivity index (χ4n) is 2.61. The van der Waals surface area contributed by atoms with Gasteiger partial charge in [0.05, 0.1) is 11.7 Å². The molecule has 0 radical (unpaired) electrons.